The summed E-state index contributed by atoms with van der Waals surface area (Å²) in [6, 6.07) is -0.166. The Bertz CT molecular complexity index is 332. The molecule has 5 nitrogen and oxygen atoms in total. The lowest BCUT2D eigenvalue weighted by Gasteiger charge is -2.09. The summed E-state index contributed by atoms with van der Waals surface area (Å²) in [7, 11) is 0. The number of nitrogens with zero attached hydrogens (tertiary/aromatic N) is 2. The molecule has 16 heavy (non-hydrogen) atoms. The lowest BCUT2D eigenvalue weighted by atomic mass is 10.0. The molecule has 0 bridgehead atoms. The van der Waals surface area contributed by atoms with Gasteiger partial charge in [-0.3, -0.25) is 0 Å². The van der Waals surface area contributed by atoms with Crippen molar-refractivity contribution in [2.45, 2.75) is 32.7 Å². The zero-order chi connectivity index (χ0) is 11.5. The fourth-order valence-electron chi connectivity index (χ4n) is 1.77. The standard InChI is InChI=1S/C11H19N3O2/c1-7(2)10(12)11-13-9(14-16-11)5-8-3-4-15-6-8/h7-8,10H,3-6,12H2,1-2H3/t8?,10-/m0/s1. The van der Waals surface area contributed by atoms with Crippen LogP contribution < -0.4 is 5.73 Å². The lowest BCUT2D eigenvalue weighted by molar-refractivity contribution is 0.185. The molecule has 1 aromatic rings. The van der Waals surface area contributed by atoms with Gasteiger partial charge in [0.25, 0.3) is 0 Å². The molecule has 1 fully saturated rings. The van der Waals surface area contributed by atoms with Gasteiger partial charge >= 0.3 is 0 Å². The molecule has 0 amide bonds. The molecule has 1 saturated heterocycles. The maximum atomic E-state index is 5.94. The molecular formula is C11H19N3O2. The van der Waals surface area contributed by atoms with Crippen LogP contribution in [0, 0.1) is 11.8 Å². The average molecular weight is 225 g/mol. The van der Waals surface area contributed by atoms with Gasteiger partial charge in [-0.05, 0) is 18.3 Å². The van der Waals surface area contributed by atoms with Gasteiger partial charge in [-0.25, -0.2) is 0 Å². The van der Waals surface area contributed by atoms with Gasteiger partial charge in [-0.2, -0.15) is 4.98 Å². The van der Waals surface area contributed by atoms with E-state index in [-0.39, 0.29) is 6.04 Å². The molecule has 0 aromatic carbocycles. The van der Waals surface area contributed by atoms with Crippen LogP contribution in [0.25, 0.3) is 0 Å². The maximum absolute atomic E-state index is 5.94. The predicted molar refractivity (Wildman–Crippen MR) is 58.7 cm³/mol. The number of rotatable bonds is 4. The third-order valence-corrected chi connectivity index (χ3v) is 2.98. The number of aromatic nitrogens is 2. The third kappa shape index (κ3) is 2.59. The number of nitrogens with two attached hydrogens (primary N) is 1. The van der Waals surface area contributed by atoms with Gasteiger partial charge in [0.15, 0.2) is 5.82 Å². The van der Waals surface area contributed by atoms with Gasteiger partial charge in [0.1, 0.15) is 0 Å². The van der Waals surface area contributed by atoms with Crippen molar-refractivity contribution in [3.05, 3.63) is 11.7 Å². The maximum Gasteiger partial charge on any atom is 0.243 e. The quantitative estimate of drug-likeness (QED) is 0.836. The van der Waals surface area contributed by atoms with Crippen LogP contribution in [-0.2, 0) is 11.2 Å². The summed E-state index contributed by atoms with van der Waals surface area (Å²) in [5.74, 6) is 2.13. The van der Waals surface area contributed by atoms with Crippen LogP contribution in [0.3, 0.4) is 0 Å². The lowest BCUT2D eigenvalue weighted by Crippen LogP contribution is -2.17. The minimum atomic E-state index is -0.166. The minimum absolute atomic E-state index is 0.166. The Morgan fingerprint density at radius 3 is 2.94 bits per heavy atom. The molecule has 1 aliphatic rings. The summed E-state index contributed by atoms with van der Waals surface area (Å²) in [4.78, 5) is 4.34. The van der Waals surface area contributed by atoms with Gasteiger partial charge in [0.05, 0.1) is 6.04 Å². The van der Waals surface area contributed by atoms with Crippen molar-refractivity contribution in [1.82, 2.24) is 10.1 Å². The highest BCUT2D eigenvalue weighted by molar-refractivity contribution is 4.94. The van der Waals surface area contributed by atoms with Crippen LogP contribution in [-0.4, -0.2) is 23.4 Å². The SMILES string of the molecule is CC(C)[C@H](N)c1nc(CC2CCOC2)no1. The van der Waals surface area contributed by atoms with Crippen molar-refractivity contribution in [3.63, 3.8) is 0 Å². The summed E-state index contributed by atoms with van der Waals surface area (Å²) >= 11 is 0. The Morgan fingerprint density at radius 2 is 2.31 bits per heavy atom. The molecule has 1 unspecified atom stereocenters. The monoisotopic (exact) mass is 225 g/mol. The van der Waals surface area contributed by atoms with Gasteiger partial charge < -0.3 is 15.0 Å². The van der Waals surface area contributed by atoms with Crippen molar-refractivity contribution < 1.29 is 9.26 Å². The molecule has 5 heteroatoms. The van der Waals surface area contributed by atoms with E-state index in [1.165, 1.54) is 0 Å². The van der Waals surface area contributed by atoms with E-state index >= 15 is 0 Å². The van der Waals surface area contributed by atoms with Crippen LogP contribution in [0.2, 0.25) is 0 Å². The fraction of sp³-hybridized carbons (Fsp3) is 0.818. The molecule has 2 N–H and O–H groups in total. The first-order valence-electron chi connectivity index (χ1n) is 5.82. The van der Waals surface area contributed by atoms with E-state index in [0.717, 1.165) is 31.9 Å². The Kier molecular flexibility index (Phi) is 3.56. The van der Waals surface area contributed by atoms with Crippen molar-refractivity contribution >= 4 is 0 Å². The summed E-state index contributed by atoms with van der Waals surface area (Å²) in [5.41, 5.74) is 5.94. The highest BCUT2D eigenvalue weighted by atomic mass is 16.5. The van der Waals surface area contributed by atoms with E-state index in [4.69, 9.17) is 15.0 Å². The topological polar surface area (TPSA) is 74.2 Å². The Hall–Kier alpha value is -0.940. The van der Waals surface area contributed by atoms with Crippen molar-refractivity contribution in [2.75, 3.05) is 13.2 Å². The third-order valence-electron chi connectivity index (χ3n) is 2.98. The Balaban J connectivity index is 1.96. The summed E-state index contributed by atoms with van der Waals surface area (Å²) in [6.07, 6.45) is 1.91. The Morgan fingerprint density at radius 1 is 1.50 bits per heavy atom. The molecule has 0 radical (unpaired) electrons. The molecule has 2 rings (SSSR count). The normalized spacial score (nSPS) is 22.9. The highest BCUT2D eigenvalue weighted by Crippen LogP contribution is 2.20. The van der Waals surface area contributed by atoms with Crippen LogP contribution >= 0.6 is 0 Å². The van der Waals surface area contributed by atoms with Crippen LogP contribution in [0.5, 0.6) is 0 Å². The molecule has 0 saturated carbocycles. The van der Waals surface area contributed by atoms with E-state index in [1.54, 1.807) is 0 Å². The largest absolute Gasteiger partial charge is 0.381 e. The zero-order valence-electron chi connectivity index (χ0n) is 9.85. The van der Waals surface area contributed by atoms with E-state index in [0.29, 0.717) is 17.7 Å². The van der Waals surface area contributed by atoms with Gasteiger partial charge in [-0.1, -0.05) is 19.0 Å². The van der Waals surface area contributed by atoms with E-state index in [2.05, 4.69) is 10.1 Å². The molecule has 90 valence electrons. The first-order chi connectivity index (χ1) is 7.66. The molecule has 2 heterocycles. The predicted octanol–water partition coefficient (Wildman–Crippen LogP) is 1.30. The second kappa shape index (κ2) is 4.93. The summed E-state index contributed by atoms with van der Waals surface area (Å²) in [6.45, 7) is 5.74. The van der Waals surface area contributed by atoms with Crippen LogP contribution in [0.4, 0.5) is 0 Å². The minimum Gasteiger partial charge on any atom is -0.381 e. The zero-order valence-corrected chi connectivity index (χ0v) is 9.85. The smallest absolute Gasteiger partial charge is 0.243 e. The molecule has 0 aliphatic carbocycles. The number of hydrogen-bond acceptors (Lipinski definition) is 5. The fourth-order valence-corrected chi connectivity index (χ4v) is 1.77. The highest BCUT2D eigenvalue weighted by Gasteiger charge is 2.21. The molecule has 2 atom stereocenters. The molecular weight excluding hydrogens is 206 g/mol. The van der Waals surface area contributed by atoms with E-state index < -0.39 is 0 Å². The van der Waals surface area contributed by atoms with Crippen molar-refractivity contribution in [3.8, 4) is 0 Å². The second-order valence-electron chi connectivity index (χ2n) is 4.75. The van der Waals surface area contributed by atoms with Gasteiger partial charge in [-0.15, -0.1) is 0 Å². The molecule has 0 spiro atoms. The number of ether oxygens (including phenoxy) is 1. The summed E-state index contributed by atoms with van der Waals surface area (Å²) < 4.78 is 10.5. The van der Waals surface area contributed by atoms with E-state index in [1.807, 2.05) is 13.8 Å². The van der Waals surface area contributed by atoms with Gasteiger partial charge in [0, 0.05) is 19.6 Å². The van der Waals surface area contributed by atoms with E-state index in [9.17, 15) is 0 Å². The van der Waals surface area contributed by atoms with Crippen LogP contribution in [0.15, 0.2) is 4.52 Å². The molecule has 1 aromatic heterocycles. The first kappa shape index (κ1) is 11.5. The first-order valence-corrected chi connectivity index (χ1v) is 5.82. The molecule has 1 aliphatic heterocycles. The average Bonchev–Trinajstić information content (AvgIpc) is 2.88. The van der Waals surface area contributed by atoms with Crippen molar-refractivity contribution in [1.29, 1.82) is 0 Å². The Labute approximate surface area is 95.3 Å². The van der Waals surface area contributed by atoms with Crippen LogP contribution in [0.1, 0.15) is 38.0 Å². The van der Waals surface area contributed by atoms with Gasteiger partial charge in [0.2, 0.25) is 5.89 Å². The van der Waals surface area contributed by atoms with Crippen molar-refractivity contribution in [2.24, 2.45) is 17.6 Å². The second-order valence-corrected chi connectivity index (χ2v) is 4.75. The number of hydrogen-bond donors (Lipinski definition) is 1. The summed E-state index contributed by atoms with van der Waals surface area (Å²) in [5, 5.41) is 3.96.